The van der Waals surface area contributed by atoms with Crippen LogP contribution in [0.3, 0.4) is 0 Å². The van der Waals surface area contributed by atoms with Gasteiger partial charge in [0, 0.05) is 10.5 Å². The molecule has 1 aliphatic heterocycles. The molecule has 1 saturated heterocycles. The van der Waals surface area contributed by atoms with Gasteiger partial charge in [0.1, 0.15) is 0 Å². The second-order valence-electron chi connectivity index (χ2n) is 6.22. The van der Waals surface area contributed by atoms with Crippen molar-refractivity contribution in [1.82, 2.24) is 0 Å². The second kappa shape index (κ2) is 4.20. The SMILES string of the molecule is CC1(O)C2CCCCC2SC2CCCCC21. The monoisotopic (exact) mass is 240 g/mol. The van der Waals surface area contributed by atoms with Crippen molar-refractivity contribution in [2.24, 2.45) is 11.8 Å². The number of rotatable bonds is 0. The molecular weight excluding hydrogens is 216 g/mol. The van der Waals surface area contributed by atoms with E-state index in [2.05, 4.69) is 18.7 Å². The molecule has 3 rings (SSSR count). The fourth-order valence-corrected chi connectivity index (χ4v) is 6.61. The molecule has 2 saturated carbocycles. The second-order valence-corrected chi connectivity index (χ2v) is 7.70. The van der Waals surface area contributed by atoms with Crippen LogP contribution in [0.5, 0.6) is 0 Å². The number of hydrogen-bond donors (Lipinski definition) is 1. The zero-order valence-corrected chi connectivity index (χ0v) is 11.1. The molecule has 1 N–H and O–H groups in total. The van der Waals surface area contributed by atoms with Gasteiger partial charge in [-0.25, -0.2) is 0 Å². The average Bonchev–Trinajstić information content (AvgIpc) is 2.29. The zero-order valence-electron chi connectivity index (χ0n) is 10.3. The van der Waals surface area contributed by atoms with Crippen molar-refractivity contribution in [2.45, 2.75) is 74.4 Å². The van der Waals surface area contributed by atoms with Gasteiger partial charge in [-0.05, 0) is 44.4 Å². The van der Waals surface area contributed by atoms with Crippen molar-refractivity contribution in [3.63, 3.8) is 0 Å². The molecule has 2 heteroatoms. The Labute approximate surface area is 103 Å². The molecule has 0 spiro atoms. The van der Waals surface area contributed by atoms with E-state index >= 15 is 0 Å². The van der Waals surface area contributed by atoms with Gasteiger partial charge in [0.25, 0.3) is 0 Å². The number of hydrogen-bond acceptors (Lipinski definition) is 2. The quantitative estimate of drug-likeness (QED) is 0.698. The lowest BCUT2D eigenvalue weighted by molar-refractivity contribution is -0.0782. The molecule has 16 heavy (non-hydrogen) atoms. The lowest BCUT2D eigenvalue weighted by atomic mass is 9.66. The van der Waals surface area contributed by atoms with Crippen molar-refractivity contribution in [1.29, 1.82) is 0 Å². The van der Waals surface area contributed by atoms with E-state index in [-0.39, 0.29) is 5.60 Å². The maximum atomic E-state index is 11.0. The maximum absolute atomic E-state index is 11.0. The molecule has 3 fully saturated rings. The predicted molar refractivity (Wildman–Crippen MR) is 69.7 cm³/mol. The molecule has 2 aliphatic carbocycles. The highest BCUT2D eigenvalue weighted by Crippen LogP contribution is 2.55. The minimum Gasteiger partial charge on any atom is -0.390 e. The van der Waals surface area contributed by atoms with E-state index in [9.17, 15) is 5.11 Å². The van der Waals surface area contributed by atoms with Crippen LogP contribution in [0, 0.1) is 11.8 Å². The summed E-state index contributed by atoms with van der Waals surface area (Å²) in [5.74, 6) is 1.18. The van der Waals surface area contributed by atoms with E-state index in [4.69, 9.17) is 0 Å². The third kappa shape index (κ3) is 1.73. The van der Waals surface area contributed by atoms with Crippen molar-refractivity contribution in [3.05, 3.63) is 0 Å². The molecule has 0 aromatic rings. The lowest BCUT2D eigenvalue weighted by Crippen LogP contribution is -2.56. The molecule has 4 unspecified atom stereocenters. The topological polar surface area (TPSA) is 20.2 Å². The zero-order chi connectivity index (χ0) is 11.2. The summed E-state index contributed by atoms with van der Waals surface area (Å²) in [6.45, 7) is 2.15. The largest absolute Gasteiger partial charge is 0.390 e. The fraction of sp³-hybridized carbons (Fsp3) is 1.00. The van der Waals surface area contributed by atoms with Gasteiger partial charge in [-0.1, -0.05) is 25.7 Å². The predicted octanol–water partition coefficient (Wildman–Crippen LogP) is 3.60. The first-order valence-corrected chi connectivity index (χ1v) is 8.01. The van der Waals surface area contributed by atoms with Crippen LogP contribution in [0.4, 0.5) is 0 Å². The molecule has 0 radical (unpaired) electrons. The highest BCUT2D eigenvalue weighted by molar-refractivity contribution is 8.00. The van der Waals surface area contributed by atoms with Gasteiger partial charge in [-0.3, -0.25) is 0 Å². The summed E-state index contributed by atoms with van der Waals surface area (Å²) < 4.78 is 0. The van der Waals surface area contributed by atoms with Gasteiger partial charge in [0.05, 0.1) is 5.60 Å². The smallest absolute Gasteiger partial charge is 0.0696 e. The molecular formula is C14H24OS. The van der Waals surface area contributed by atoms with E-state index in [0.717, 1.165) is 10.5 Å². The highest BCUT2D eigenvalue weighted by Gasteiger charge is 2.52. The first-order chi connectivity index (χ1) is 7.69. The Bertz CT molecular complexity index is 239. The first-order valence-electron chi connectivity index (χ1n) is 7.07. The van der Waals surface area contributed by atoms with Crippen LogP contribution < -0.4 is 0 Å². The van der Waals surface area contributed by atoms with E-state index < -0.39 is 0 Å². The van der Waals surface area contributed by atoms with Gasteiger partial charge < -0.3 is 5.11 Å². The molecule has 92 valence electrons. The minimum absolute atomic E-state index is 0.360. The van der Waals surface area contributed by atoms with Gasteiger partial charge in [-0.15, -0.1) is 0 Å². The summed E-state index contributed by atoms with van der Waals surface area (Å²) >= 11 is 2.24. The maximum Gasteiger partial charge on any atom is 0.0696 e. The Kier molecular flexibility index (Phi) is 3.00. The van der Waals surface area contributed by atoms with Crippen molar-refractivity contribution in [2.75, 3.05) is 0 Å². The molecule has 0 aromatic heterocycles. The Morgan fingerprint density at radius 1 is 0.875 bits per heavy atom. The van der Waals surface area contributed by atoms with Crippen molar-refractivity contribution < 1.29 is 5.11 Å². The highest BCUT2D eigenvalue weighted by atomic mass is 32.2. The molecule has 3 aliphatic rings. The first kappa shape index (κ1) is 11.4. The summed E-state index contributed by atoms with van der Waals surface area (Å²) in [5.41, 5.74) is -0.360. The van der Waals surface area contributed by atoms with Crippen LogP contribution in [0.2, 0.25) is 0 Å². The number of fused-ring (bicyclic) bond motifs is 2. The van der Waals surface area contributed by atoms with Crippen molar-refractivity contribution >= 4 is 11.8 Å². The minimum atomic E-state index is -0.360. The van der Waals surface area contributed by atoms with Crippen LogP contribution in [-0.2, 0) is 0 Å². The van der Waals surface area contributed by atoms with E-state index in [1.165, 1.54) is 51.4 Å². The van der Waals surface area contributed by atoms with Crippen molar-refractivity contribution in [3.8, 4) is 0 Å². The van der Waals surface area contributed by atoms with Crippen LogP contribution in [0.15, 0.2) is 0 Å². The summed E-state index contributed by atoms with van der Waals surface area (Å²) in [6, 6.07) is 0. The van der Waals surface area contributed by atoms with Gasteiger partial charge in [0.2, 0.25) is 0 Å². The summed E-state index contributed by atoms with van der Waals surface area (Å²) in [6.07, 6.45) is 10.7. The third-order valence-corrected chi connectivity index (χ3v) is 7.08. The Hall–Kier alpha value is 0.310. The van der Waals surface area contributed by atoms with E-state index in [0.29, 0.717) is 11.8 Å². The molecule has 0 aromatic carbocycles. The van der Waals surface area contributed by atoms with Crippen LogP contribution in [0.1, 0.15) is 58.3 Å². The van der Waals surface area contributed by atoms with Crippen LogP contribution >= 0.6 is 11.8 Å². The van der Waals surface area contributed by atoms with Crippen LogP contribution in [0.25, 0.3) is 0 Å². The van der Waals surface area contributed by atoms with Gasteiger partial charge >= 0.3 is 0 Å². The van der Waals surface area contributed by atoms with E-state index in [1.807, 2.05) is 0 Å². The lowest BCUT2D eigenvalue weighted by Gasteiger charge is -2.54. The Morgan fingerprint density at radius 2 is 1.31 bits per heavy atom. The summed E-state index contributed by atoms with van der Waals surface area (Å²) in [7, 11) is 0. The number of thioether (sulfide) groups is 1. The molecule has 1 heterocycles. The Balaban J connectivity index is 1.85. The average molecular weight is 240 g/mol. The van der Waals surface area contributed by atoms with Crippen LogP contribution in [-0.4, -0.2) is 21.2 Å². The molecule has 4 atom stereocenters. The molecule has 0 amide bonds. The third-order valence-electron chi connectivity index (χ3n) is 5.26. The van der Waals surface area contributed by atoms with Gasteiger partial charge in [-0.2, -0.15) is 11.8 Å². The fourth-order valence-electron chi connectivity index (χ4n) is 4.36. The normalized spacial score (nSPS) is 52.9. The summed E-state index contributed by atoms with van der Waals surface area (Å²) in [5, 5.41) is 12.5. The Morgan fingerprint density at radius 3 is 1.81 bits per heavy atom. The molecule has 0 bridgehead atoms. The van der Waals surface area contributed by atoms with Gasteiger partial charge in [0.15, 0.2) is 0 Å². The molecule has 1 nitrogen and oxygen atoms in total. The van der Waals surface area contributed by atoms with E-state index in [1.54, 1.807) is 0 Å². The summed E-state index contributed by atoms with van der Waals surface area (Å²) in [4.78, 5) is 0. The number of aliphatic hydroxyl groups is 1. The standard InChI is InChI=1S/C14H24OS/c1-14(15)10-6-2-4-8-12(10)16-13-9-5-3-7-11(13)14/h10-13,15H,2-9H2,1H3.